The van der Waals surface area contributed by atoms with Crippen LogP contribution in [0, 0.1) is 0 Å². The van der Waals surface area contributed by atoms with Crippen molar-refractivity contribution in [3.8, 4) is 0 Å². The van der Waals surface area contributed by atoms with Crippen LogP contribution in [0.1, 0.15) is 10.9 Å². The molecule has 1 unspecified atom stereocenters. The molecule has 1 aromatic heterocycles. The molecule has 0 amide bonds. The van der Waals surface area contributed by atoms with Crippen LogP contribution in [-0.2, 0) is 0 Å². The molecular weight excluding hydrogens is 337 g/mol. The van der Waals surface area contributed by atoms with Crippen LogP contribution in [0.4, 0.5) is 8.78 Å². The third kappa shape index (κ3) is 2.40. The fraction of sp³-hybridized carbons (Fsp3) is 0.333. The Morgan fingerprint density at radius 2 is 2.00 bits per heavy atom. The first-order valence-electron chi connectivity index (χ1n) is 2.89. The maximum atomic E-state index is 12.1. The predicted octanol–water partition coefficient (Wildman–Crippen LogP) is 4.82. The van der Waals surface area contributed by atoms with Gasteiger partial charge >= 0.3 is 0 Å². The van der Waals surface area contributed by atoms with Gasteiger partial charge in [0.25, 0.3) is 6.43 Å². The SMILES string of the molecule is FC(F)C(Cl)c1cc(Br)sc1Br. The van der Waals surface area contributed by atoms with E-state index < -0.39 is 11.8 Å². The molecule has 0 aromatic carbocycles. The molecule has 12 heavy (non-hydrogen) atoms. The summed E-state index contributed by atoms with van der Waals surface area (Å²) in [6.07, 6.45) is -2.54. The average Bonchev–Trinajstić information content (AvgIpc) is 2.28. The Kier molecular flexibility index (Phi) is 3.95. The first kappa shape index (κ1) is 10.9. The van der Waals surface area contributed by atoms with Crippen molar-refractivity contribution in [1.29, 1.82) is 0 Å². The van der Waals surface area contributed by atoms with Crippen LogP contribution in [0.15, 0.2) is 13.6 Å². The van der Waals surface area contributed by atoms with E-state index in [0.29, 0.717) is 9.35 Å². The summed E-state index contributed by atoms with van der Waals surface area (Å²) in [4.78, 5) is 0. The van der Waals surface area contributed by atoms with Gasteiger partial charge in [0, 0.05) is 5.56 Å². The molecule has 0 fully saturated rings. The van der Waals surface area contributed by atoms with E-state index in [-0.39, 0.29) is 0 Å². The molecule has 0 nitrogen and oxygen atoms in total. The molecule has 0 bridgehead atoms. The molecule has 0 aliphatic carbocycles. The third-order valence-electron chi connectivity index (χ3n) is 1.20. The topological polar surface area (TPSA) is 0 Å². The van der Waals surface area contributed by atoms with Gasteiger partial charge in [-0.25, -0.2) is 8.78 Å². The lowest BCUT2D eigenvalue weighted by atomic mass is 10.2. The molecular formula is C6H3Br2ClF2S. The summed E-state index contributed by atoms with van der Waals surface area (Å²) in [7, 11) is 0. The molecule has 0 saturated heterocycles. The molecule has 0 spiro atoms. The number of hydrogen-bond acceptors (Lipinski definition) is 1. The van der Waals surface area contributed by atoms with Crippen molar-refractivity contribution in [2.24, 2.45) is 0 Å². The van der Waals surface area contributed by atoms with E-state index in [1.165, 1.54) is 11.3 Å². The second-order valence-electron chi connectivity index (χ2n) is 2.02. The molecule has 1 rings (SSSR count). The van der Waals surface area contributed by atoms with Gasteiger partial charge in [-0.1, -0.05) is 0 Å². The Bertz CT molecular complexity index is 277. The van der Waals surface area contributed by atoms with Crippen molar-refractivity contribution >= 4 is 54.8 Å². The summed E-state index contributed by atoms with van der Waals surface area (Å²) in [6.45, 7) is 0. The van der Waals surface area contributed by atoms with E-state index >= 15 is 0 Å². The number of hydrogen-bond donors (Lipinski definition) is 0. The summed E-state index contributed by atoms with van der Waals surface area (Å²) in [5, 5.41) is -1.23. The number of rotatable bonds is 2. The Balaban J connectivity index is 2.94. The lowest BCUT2D eigenvalue weighted by Crippen LogP contribution is -2.00. The van der Waals surface area contributed by atoms with Crippen molar-refractivity contribution in [2.75, 3.05) is 0 Å². The van der Waals surface area contributed by atoms with E-state index in [4.69, 9.17) is 11.6 Å². The van der Waals surface area contributed by atoms with Crippen LogP contribution < -0.4 is 0 Å². The first-order valence-corrected chi connectivity index (χ1v) is 5.73. The fourth-order valence-electron chi connectivity index (χ4n) is 0.677. The molecule has 0 N–H and O–H groups in total. The molecule has 0 radical (unpaired) electrons. The predicted molar refractivity (Wildman–Crippen MR) is 54.3 cm³/mol. The van der Waals surface area contributed by atoms with Gasteiger partial charge in [-0.2, -0.15) is 0 Å². The van der Waals surface area contributed by atoms with Crippen LogP contribution >= 0.6 is 54.8 Å². The normalized spacial score (nSPS) is 13.8. The fourth-order valence-corrected chi connectivity index (χ4v) is 3.97. The molecule has 0 aliphatic rings. The quantitative estimate of drug-likeness (QED) is 0.677. The van der Waals surface area contributed by atoms with Gasteiger partial charge in [0.2, 0.25) is 0 Å². The lowest BCUT2D eigenvalue weighted by Gasteiger charge is -2.05. The van der Waals surface area contributed by atoms with Crippen molar-refractivity contribution in [3.05, 3.63) is 19.2 Å². The molecule has 0 aliphatic heterocycles. The van der Waals surface area contributed by atoms with Crippen molar-refractivity contribution in [2.45, 2.75) is 11.8 Å². The molecule has 68 valence electrons. The van der Waals surface area contributed by atoms with E-state index in [0.717, 1.165) is 3.79 Å². The molecule has 1 heterocycles. The van der Waals surface area contributed by atoms with Crippen LogP contribution in [0.5, 0.6) is 0 Å². The minimum absolute atomic E-state index is 0.434. The van der Waals surface area contributed by atoms with Crippen LogP contribution in [0.3, 0.4) is 0 Å². The largest absolute Gasteiger partial charge is 0.258 e. The van der Waals surface area contributed by atoms with Gasteiger partial charge in [-0.15, -0.1) is 22.9 Å². The summed E-state index contributed by atoms with van der Waals surface area (Å²) >= 11 is 13.1. The lowest BCUT2D eigenvalue weighted by molar-refractivity contribution is 0.143. The summed E-state index contributed by atoms with van der Waals surface area (Å²) in [5.74, 6) is 0. The Morgan fingerprint density at radius 1 is 1.42 bits per heavy atom. The monoisotopic (exact) mass is 338 g/mol. The Hall–Kier alpha value is 0.810. The second-order valence-corrected chi connectivity index (χ2v) is 6.24. The van der Waals surface area contributed by atoms with E-state index in [9.17, 15) is 8.78 Å². The first-order chi connectivity index (χ1) is 5.52. The van der Waals surface area contributed by atoms with Gasteiger partial charge in [-0.3, -0.25) is 0 Å². The molecule has 1 atom stereocenters. The average molecular weight is 340 g/mol. The van der Waals surface area contributed by atoms with Gasteiger partial charge in [0.1, 0.15) is 5.38 Å². The van der Waals surface area contributed by atoms with E-state index in [2.05, 4.69) is 31.9 Å². The van der Waals surface area contributed by atoms with Gasteiger partial charge < -0.3 is 0 Å². The second kappa shape index (κ2) is 4.35. The van der Waals surface area contributed by atoms with Crippen LogP contribution in [0.25, 0.3) is 0 Å². The molecule has 6 heteroatoms. The van der Waals surface area contributed by atoms with Gasteiger partial charge in [-0.05, 0) is 37.9 Å². The Morgan fingerprint density at radius 3 is 2.33 bits per heavy atom. The van der Waals surface area contributed by atoms with E-state index in [1.807, 2.05) is 0 Å². The van der Waals surface area contributed by atoms with Crippen molar-refractivity contribution in [3.63, 3.8) is 0 Å². The Labute approximate surface area is 94.2 Å². The highest BCUT2D eigenvalue weighted by Gasteiger charge is 2.23. The number of halogens is 5. The number of alkyl halides is 3. The maximum Gasteiger partial charge on any atom is 0.258 e. The standard InChI is InChI=1S/C6H3Br2ClF2S/c7-3-1-2(5(8)12-3)4(9)6(10)11/h1,4,6H. The maximum absolute atomic E-state index is 12.1. The molecule has 1 aromatic rings. The highest BCUT2D eigenvalue weighted by atomic mass is 79.9. The third-order valence-corrected chi connectivity index (χ3v) is 4.01. The highest BCUT2D eigenvalue weighted by Crippen LogP contribution is 2.40. The molecule has 0 saturated carbocycles. The smallest absolute Gasteiger partial charge is 0.208 e. The summed E-state index contributed by atoms with van der Waals surface area (Å²) in [5.41, 5.74) is 0.434. The van der Waals surface area contributed by atoms with E-state index in [1.54, 1.807) is 6.07 Å². The zero-order chi connectivity index (χ0) is 9.30. The zero-order valence-corrected chi connectivity index (χ0v) is 10.3. The minimum atomic E-state index is -2.54. The van der Waals surface area contributed by atoms with Crippen LogP contribution in [0.2, 0.25) is 0 Å². The minimum Gasteiger partial charge on any atom is -0.208 e. The number of thiophene rings is 1. The van der Waals surface area contributed by atoms with Crippen LogP contribution in [-0.4, -0.2) is 6.43 Å². The van der Waals surface area contributed by atoms with Gasteiger partial charge in [0.05, 0.1) is 7.57 Å². The highest BCUT2D eigenvalue weighted by molar-refractivity contribution is 9.12. The summed E-state index contributed by atoms with van der Waals surface area (Å²) in [6, 6.07) is 1.60. The van der Waals surface area contributed by atoms with Crippen molar-refractivity contribution < 1.29 is 8.78 Å². The summed E-state index contributed by atoms with van der Waals surface area (Å²) < 4.78 is 25.7. The zero-order valence-electron chi connectivity index (χ0n) is 5.53. The van der Waals surface area contributed by atoms with Gasteiger partial charge in [0.15, 0.2) is 0 Å². The van der Waals surface area contributed by atoms with Crippen molar-refractivity contribution in [1.82, 2.24) is 0 Å².